The molecule has 7 heteroatoms. The second-order valence-electron chi connectivity index (χ2n) is 5.63. The van der Waals surface area contributed by atoms with Gasteiger partial charge in [0.2, 0.25) is 0 Å². The van der Waals surface area contributed by atoms with E-state index in [4.69, 9.17) is 16.3 Å². The average Bonchev–Trinajstić information content (AvgIpc) is 2.44. The van der Waals surface area contributed by atoms with Crippen LogP contribution < -0.4 is 4.74 Å². The third-order valence-corrected chi connectivity index (χ3v) is 4.04. The summed E-state index contributed by atoms with van der Waals surface area (Å²) < 4.78 is 63.3. The monoisotopic (exact) mass is 340 g/mol. The average molecular weight is 341 g/mol. The molecule has 0 unspecified atom stereocenters. The van der Waals surface area contributed by atoms with E-state index >= 15 is 0 Å². The van der Waals surface area contributed by atoms with Crippen molar-refractivity contribution in [3.05, 3.63) is 28.8 Å². The summed E-state index contributed by atoms with van der Waals surface area (Å²) in [5.41, 5.74) is 0. The molecule has 0 radical (unpaired) electrons. The maximum absolute atomic E-state index is 13.7. The highest BCUT2D eigenvalue weighted by Crippen LogP contribution is 2.30. The Morgan fingerprint density at radius 1 is 1.14 bits per heavy atom. The summed E-state index contributed by atoms with van der Waals surface area (Å²) in [7, 11) is 0. The first-order valence-electron chi connectivity index (χ1n) is 7.10. The minimum Gasteiger partial charge on any atom is -0.431 e. The second-order valence-corrected chi connectivity index (χ2v) is 6.01. The minimum atomic E-state index is -3.67. The van der Waals surface area contributed by atoms with E-state index in [1.807, 2.05) is 0 Å². The summed E-state index contributed by atoms with van der Waals surface area (Å²) in [6, 6.07) is 1.23. The fraction of sp³-hybridized carbons (Fsp3) is 0.600. The number of halogens is 5. The summed E-state index contributed by atoms with van der Waals surface area (Å²) in [5, 5.41) is -0.761. The topological polar surface area (TPSA) is 18.5 Å². The zero-order valence-corrected chi connectivity index (χ0v) is 12.8. The van der Waals surface area contributed by atoms with Gasteiger partial charge in [-0.3, -0.25) is 0 Å². The number of benzene rings is 1. The van der Waals surface area contributed by atoms with Gasteiger partial charge < -0.3 is 9.47 Å². The zero-order valence-electron chi connectivity index (χ0n) is 12.1. The molecule has 1 aliphatic rings. The van der Waals surface area contributed by atoms with E-state index in [0.29, 0.717) is 18.1 Å². The highest BCUT2D eigenvalue weighted by atomic mass is 35.5. The number of rotatable bonds is 5. The minimum absolute atomic E-state index is 0.232. The van der Waals surface area contributed by atoms with E-state index in [-0.39, 0.29) is 6.10 Å². The summed E-state index contributed by atoms with van der Waals surface area (Å²) in [6.45, 7) is 1.15. The van der Waals surface area contributed by atoms with Crippen LogP contribution in [0.4, 0.5) is 17.6 Å². The number of hydrogen-bond donors (Lipinski definition) is 0. The summed E-state index contributed by atoms with van der Waals surface area (Å²) >= 11 is 5.28. The van der Waals surface area contributed by atoms with E-state index < -0.39 is 35.1 Å². The lowest BCUT2D eigenvalue weighted by Gasteiger charge is -2.28. The lowest BCUT2D eigenvalue weighted by atomic mass is 9.89. The standard InChI is InChI=1S/C15H17ClF4O2/c1-9-2-4-10(5-3-9)21-8-15(19,20)22-11-6-12(17)14(16)13(18)7-11/h6-7,9-10H,2-5,8H2,1H3. The van der Waals surface area contributed by atoms with Gasteiger partial charge in [0.15, 0.2) is 6.61 Å². The molecule has 1 saturated carbocycles. The predicted molar refractivity (Wildman–Crippen MR) is 74.3 cm³/mol. The summed E-state index contributed by atoms with van der Waals surface area (Å²) in [4.78, 5) is 0. The first-order chi connectivity index (χ1) is 10.3. The van der Waals surface area contributed by atoms with Crippen LogP contribution in [-0.4, -0.2) is 18.8 Å². The molecule has 0 N–H and O–H groups in total. The largest absolute Gasteiger partial charge is 0.431 e. The fourth-order valence-electron chi connectivity index (χ4n) is 2.40. The highest BCUT2D eigenvalue weighted by molar-refractivity contribution is 6.30. The Labute approximate surface area is 131 Å². The molecule has 0 atom stereocenters. The Bertz CT molecular complexity index is 493. The predicted octanol–water partition coefficient (Wildman–Crippen LogP) is 5.19. The Morgan fingerprint density at radius 2 is 1.68 bits per heavy atom. The second kappa shape index (κ2) is 7.04. The molecule has 2 rings (SSSR count). The van der Waals surface area contributed by atoms with E-state index in [1.165, 1.54) is 0 Å². The molecular formula is C15H17ClF4O2. The van der Waals surface area contributed by atoms with Gasteiger partial charge in [-0.2, -0.15) is 8.78 Å². The van der Waals surface area contributed by atoms with E-state index in [9.17, 15) is 17.6 Å². The van der Waals surface area contributed by atoms with Gasteiger partial charge >= 0.3 is 6.11 Å². The summed E-state index contributed by atoms with van der Waals surface area (Å²) in [6.07, 6.45) is -0.585. The molecule has 0 saturated heterocycles. The van der Waals surface area contributed by atoms with E-state index in [0.717, 1.165) is 25.7 Å². The Hall–Kier alpha value is -1.01. The third-order valence-electron chi connectivity index (χ3n) is 3.67. The Balaban J connectivity index is 1.90. The molecule has 1 fully saturated rings. The van der Waals surface area contributed by atoms with Gasteiger partial charge in [0.05, 0.1) is 6.10 Å². The van der Waals surface area contributed by atoms with Crippen LogP contribution in [0.15, 0.2) is 12.1 Å². The first kappa shape index (κ1) is 17.3. The van der Waals surface area contributed by atoms with Gasteiger partial charge in [0.25, 0.3) is 0 Å². The van der Waals surface area contributed by atoms with Crippen LogP contribution in [0.25, 0.3) is 0 Å². The van der Waals surface area contributed by atoms with Crippen molar-refractivity contribution in [2.75, 3.05) is 6.61 Å². The van der Waals surface area contributed by atoms with Crippen LogP contribution in [0.2, 0.25) is 5.02 Å². The lowest BCUT2D eigenvalue weighted by molar-refractivity contribution is -0.222. The third kappa shape index (κ3) is 4.74. The molecule has 0 aromatic heterocycles. The maximum Gasteiger partial charge on any atom is 0.421 e. The van der Waals surface area contributed by atoms with Gasteiger partial charge in [-0.1, -0.05) is 18.5 Å². The molecule has 1 aliphatic carbocycles. The smallest absolute Gasteiger partial charge is 0.421 e. The molecule has 0 amide bonds. The quantitative estimate of drug-likeness (QED) is 0.543. The molecule has 2 nitrogen and oxygen atoms in total. The molecule has 1 aromatic carbocycles. The van der Waals surface area contributed by atoms with Crippen LogP contribution in [0.3, 0.4) is 0 Å². The molecular weight excluding hydrogens is 324 g/mol. The van der Waals surface area contributed by atoms with Gasteiger partial charge in [-0.05, 0) is 31.6 Å². The Kier molecular flexibility index (Phi) is 5.55. The van der Waals surface area contributed by atoms with E-state index in [2.05, 4.69) is 11.7 Å². The first-order valence-corrected chi connectivity index (χ1v) is 7.47. The van der Waals surface area contributed by atoms with Gasteiger partial charge in [-0.25, -0.2) is 8.78 Å². The van der Waals surface area contributed by atoms with Crippen molar-refractivity contribution in [1.82, 2.24) is 0 Å². The number of ether oxygens (including phenoxy) is 2. The molecule has 0 heterocycles. The van der Waals surface area contributed by atoms with Gasteiger partial charge in [-0.15, -0.1) is 0 Å². The van der Waals surface area contributed by atoms with Crippen molar-refractivity contribution < 1.29 is 27.0 Å². The van der Waals surface area contributed by atoms with Crippen molar-refractivity contribution in [3.8, 4) is 5.75 Å². The number of hydrogen-bond acceptors (Lipinski definition) is 2. The van der Waals surface area contributed by atoms with Gasteiger partial charge in [0, 0.05) is 12.1 Å². The maximum atomic E-state index is 13.7. The van der Waals surface area contributed by atoms with Crippen LogP contribution in [-0.2, 0) is 4.74 Å². The van der Waals surface area contributed by atoms with Crippen molar-refractivity contribution in [2.45, 2.75) is 44.8 Å². The SMILES string of the molecule is CC1CCC(OCC(F)(F)Oc2cc(F)c(Cl)c(F)c2)CC1. The normalized spacial score (nSPS) is 22.6. The molecule has 0 aliphatic heterocycles. The lowest BCUT2D eigenvalue weighted by Crippen LogP contribution is -2.34. The molecule has 1 aromatic rings. The Morgan fingerprint density at radius 3 is 2.23 bits per heavy atom. The van der Waals surface area contributed by atoms with Crippen molar-refractivity contribution in [2.24, 2.45) is 5.92 Å². The van der Waals surface area contributed by atoms with E-state index in [1.54, 1.807) is 0 Å². The van der Waals surface area contributed by atoms with Crippen molar-refractivity contribution >= 4 is 11.6 Å². The molecule has 124 valence electrons. The van der Waals surface area contributed by atoms with Crippen LogP contribution >= 0.6 is 11.6 Å². The van der Waals surface area contributed by atoms with Crippen molar-refractivity contribution in [1.29, 1.82) is 0 Å². The van der Waals surface area contributed by atoms with Crippen LogP contribution in [0.1, 0.15) is 32.6 Å². The molecule has 22 heavy (non-hydrogen) atoms. The van der Waals surface area contributed by atoms with Crippen molar-refractivity contribution in [3.63, 3.8) is 0 Å². The summed E-state index contributed by atoms with van der Waals surface area (Å²) in [5.74, 6) is -2.37. The fourth-order valence-corrected chi connectivity index (χ4v) is 2.51. The number of alkyl halides is 2. The molecule has 0 bridgehead atoms. The highest BCUT2D eigenvalue weighted by Gasteiger charge is 2.34. The van der Waals surface area contributed by atoms with Gasteiger partial charge in [0.1, 0.15) is 22.4 Å². The zero-order chi connectivity index (χ0) is 16.3. The van der Waals surface area contributed by atoms with Crippen LogP contribution in [0, 0.1) is 17.6 Å². The molecule has 0 spiro atoms. The van der Waals surface area contributed by atoms with Crippen LogP contribution in [0.5, 0.6) is 5.75 Å².